The SMILES string of the molecule is CC.Cc1ccc(N)c2[nH]cc(Cl)c12. The standard InChI is InChI=1S/C9H9ClN2.C2H6/c1-5-2-3-7(11)9-8(5)6(10)4-12-9;1-2/h2-4,12H,11H2,1H3;1-2H3. The fourth-order valence-electron chi connectivity index (χ4n) is 1.39. The van der Waals surface area contributed by atoms with E-state index in [0.717, 1.165) is 27.2 Å². The topological polar surface area (TPSA) is 41.8 Å². The maximum absolute atomic E-state index is 5.96. The maximum atomic E-state index is 5.96. The van der Waals surface area contributed by atoms with Gasteiger partial charge in [0.2, 0.25) is 0 Å². The quantitative estimate of drug-likeness (QED) is 0.639. The third kappa shape index (κ3) is 1.70. The van der Waals surface area contributed by atoms with Crippen molar-refractivity contribution < 1.29 is 0 Å². The molecule has 0 aliphatic carbocycles. The van der Waals surface area contributed by atoms with Gasteiger partial charge in [-0.1, -0.05) is 31.5 Å². The number of H-pyrrole nitrogens is 1. The van der Waals surface area contributed by atoms with Crippen molar-refractivity contribution in [1.29, 1.82) is 0 Å². The molecule has 0 saturated carbocycles. The van der Waals surface area contributed by atoms with Gasteiger partial charge in [0.25, 0.3) is 0 Å². The summed E-state index contributed by atoms with van der Waals surface area (Å²) in [6.07, 6.45) is 1.76. The predicted octanol–water partition coefficient (Wildman–Crippen LogP) is 3.74. The molecule has 0 atom stereocenters. The highest BCUT2D eigenvalue weighted by Gasteiger charge is 2.05. The third-order valence-electron chi connectivity index (χ3n) is 2.03. The highest BCUT2D eigenvalue weighted by Crippen LogP contribution is 2.29. The molecule has 1 heterocycles. The highest BCUT2D eigenvalue weighted by atomic mass is 35.5. The van der Waals surface area contributed by atoms with Crippen molar-refractivity contribution in [1.82, 2.24) is 4.98 Å². The molecule has 14 heavy (non-hydrogen) atoms. The average Bonchev–Trinajstić information content (AvgIpc) is 2.59. The Morgan fingerprint density at radius 3 is 2.50 bits per heavy atom. The molecule has 3 N–H and O–H groups in total. The van der Waals surface area contributed by atoms with Crippen molar-refractivity contribution in [3.05, 3.63) is 28.9 Å². The first-order chi connectivity index (χ1) is 6.70. The summed E-state index contributed by atoms with van der Waals surface area (Å²) < 4.78 is 0. The highest BCUT2D eigenvalue weighted by molar-refractivity contribution is 6.36. The summed E-state index contributed by atoms with van der Waals surface area (Å²) >= 11 is 5.96. The molecule has 0 amide bonds. The molecule has 2 rings (SSSR count). The summed E-state index contributed by atoms with van der Waals surface area (Å²) in [5.41, 5.74) is 8.56. The lowest BCUT2D eigenvalue weighted by Crippen LogP contribution is -1.86. The van der Waals surface area contributed by atoms with Gasteiger partial charge in [0.05, 0.1) is 16.2 Å². The fourth-order valence-corrected chi connectivity index (χ4v) is 1.69. The molecule has 0 bridgehead atoms. The van der Waals surface area contributed by atoms with Crippen molar-refractivity contribution in [3.63, 3.8) is 0 Å². The molecule has 0 saturated heterocycles. The molecule has 0 aliphatic rings. The summed E-state index contributed by atoms with van der Waals surface area (Å²) in [7, 11) is 0. The maximum Gasteiger partial charge on any atom is 0.0705 e. The van der Waals surface area contributed by atoms with Gasteiger partial charge in [-0.25, -0.2) is 0 Å². The van der Waals surface area contributed by atoms with E-state index in [1.165, 1.54) is 0 Å². The Hall–Kier alpha value is -1.15. The Morgan fingerprint density at radius 1 is 1.29 bits per heavy atom. The van der Waals surface area contributed by atoms with Crippen LogP contribution in [0.4, 0.5) is 5.69 Å². The number of rotatable bonds is 0. The lowest BCUT2D eigenvalue weighted by molar-refractivity contribution is 1.47. The van der Waals surface area contributed by atoms with E-state index in [1.807, 2.05) is 32.9 Å². The van der Waals surface area contributed by atoms with Gasteiger partial charge >= 0.3 is 0 Å². The van der Waals surface area contributed by atoms with E-state index in [4.69, 9.17) is 17.3 Å². The van der Waals surface area contributed by atoms with Crippen molar-refractivity contribution in [3.8, 4) is 0 Å². The number of fused-ring (bicyclic) bond motifs is 1. The third-order valence-corrected chi connectivity index (χ3v) is 2.33. The van der Waals surface area contributed by atoms with Crippen LogP contribution >= 0.6 is 11.6 Å². The average molecular weight is 211 g/mol. The second-order valence-corrected chi connectivity index (χ2v) is 3.27. The summed E-state index contributed by atoms with van der Waals surface area (Å²) in [5.74, 6) is 0. The number of nitrogens with two attached hydrogens (primary N) is 1. The largest absolute Gasteiger partial charge is 0.397 e. The molecule has 0 fully saturated rings. The first-order valence-corrected chi connectivity index (χ1v) is 5.09. The number of hydrogen-bond acceptors (Lipinski definition) is 1. The number of benzene rings is 1. The molecule has 2 nitrogen and oxygen atoms in total. The lowest BCUT2D eigenvalue weighted by Gasteiger charge is -1.99. The van der Waals surface area contributed by atoms with Crippen molar-refractivity contribution in [2.45, 2.75) is 20.8 Å². The Labute approximate surface area is 89.1 Å². The first-order valence-electron chi connectivity index (χ1n) is 4.72. The molecule has 0 radical (unpaired) electrons. The van der Waals surface area contributed by atoms with Crippen molar-refractivity contribution >= 4 is 28.2 Å². The normalized spacial score (nSPS) is 9.71. The number of hydrogen-bond donors (Lipinski definition) is 2. The number of anilines is 1. The number of nitrogen functional groups attached to an aromatic ring is 1. The number of aromatic amines is 1. The van der Waals surface area contributed by atoms with Gasteiger partial charge in [0, 0.05) is 11.6 Å². The Kier molecular flexibility index (Phi) is 3.42. The molecule has 3 heteroatoms. The molecule has 2 aromatic rings. The van der Waals surface area contributed by atoms with Gasteiger partial charge in [-0.2, -0.15) is 0 Å². The fraction of sp³-hybridized carbons (Fsp3) is 0.273. The van der Waals surface area contributed by atoms with E-state index in [0.29, 0.717) is 0 Å². The zero-order chi connectivity index (χ0) is 10.7. The summed E-state index contributed by atoms with van der Waals surface area (Å²) in [6, 6.07) is 3.85. The summed E-state index contributed by atoms with van der Waals surface area (Å²) in [5, 5.41) is 1.76. The first kappa shape index (κ1) is 10.9. The second-order valence-electron chi connectivity index (χ2n) is 2.86. The van der Waals surface area contributed by atoms with Crippen LogP contribution in [-0.2, 0) is 0 Å². The van der Waals surface area contributed by atoms with Crippen LogP contribution in [0.3, 0.4) is 0 Å². The summed E-state index contributed by atoms with van der Waals surface area (Å²) in [6.45, 7) is 6.02. The molecule has 0 spiro atoms. The van der Waals surface area contributed by atoms with E-state index >= 15 is 0 Å². The summed E-state index contributed by atoms with van der Waals surface area (Å²) in [4.78, 5) is 3.04. The minimum absolute atomic E-state index is 0.731. The van der Waals surface area contributed by atoms with E-state index in [2.05, 4.69) is 4.98 Å². The van der Waals surface area contributed by atoms with Gasteiger partial charge in [0.15, 0.2) is 0 Å². The molecule has 1 aromatic heterocycles. The van der Waals surface area contributed by atoms with E-state index in [9.17, 15) is 0 Å². The number of nitrogens with one attached hydrogen (secondary N) is 1. The molecular formula is C11H15ClN2. The predicted molar refractivity (Wildman–Crippen MR) is 63.8 cm³/mol. The number of aromatic nitrogens is 1. The van der Waals surface area contributed by atoms with Crippen molar-refractivity contribution in [2.24, 2.45) is 0 Å². The van der Waals surface area contributed by atoms with E-state index in [1.54, 1.807) is 6.20 Å². The zero-order valence-electron chi connectivity index (χ0n) is 8.69. The monoisotopic (exact) mass is 210 g/mol. The van der Waals surface area contributed by atoms with Gasteiger partial charge in [-0.15, -0.1) is 0 Å². The molecule has 0 unspecified atom stereocenters. The van der Waals surface area contributed by atoms with Crippen LogP contribution in [0.15, 0.2) is 18.3 Å². The van der Waals surface area contributed by atoms with Crippen LogP contribution in [0.2, 0.25) is 5.02 Å². The van der Waals surface area contributed by atoms with Gasteiger partial charge in [-0.05, 0) is 18.6 Å². The minimum atomic E-state index is 0.731. The van der Waals surface area contributed by atoms with Gasteiger partial charge < -0.3 is 10.7 Å². The van der Waals surface area contributed by atoms with Crippen molar-refractivity contribution in [2.75, 3.05) is 5.73 Å². The van der Waals surface area contributed by atoms with Crippen LogP contribution in [0.5, 0.6) is 0 Å². The van der Waals surface area contributed by atoms with Crippen LogP contribution in [0.1, 0.15) is 19.4 Å². The zero-order valence-corrected chi connectivity index (χ0v) is 9.44. The Bertz CT molecular complexity index is 432. The molecule has 76 valence electrons. The lowest BCUT2D eigenvalue weighted by atomic mass is 10.1. The molecule has 0 aliphatic heterocycles. The van der Waals surface area contributed by atoms with Crippen LogP contribution in [-0.4, -0.2) is 4.98 Å². The number of aryl methyl sites for hydroxylation is 1. The molecular weight excluding hydrogens is 196 g/mol. The second kappa shape index (κ2) is 4.38. The van der Waals surface area contributed by atoms with E-state index in [-0.39, 0.29) is 0 Å². The minimum Gasteiger partial charge on any atom is -0.397 e. The Balaban J connectivity index is 0.000000461. The number of halogens is 1. The van der Waals surface area contributed by atoms with Gasteiger partial charge in [-0.3, -0.25) is 0 Å². The van der Waals surface area contributed by atoms with Gasteiger partial charge in [0.1, 0.15) is 0 Å². The molecule has 1 aromatic carbocycles. The van der Waals surface area contributed by atoms with Crippen LogP contribution < -0.4 is 5.73 Å². The van der Waals surface area contributed by atoms with Crippen LogP contribution in [0, 0.1) is 6.92 Å². The van der Waals surface area contributed by atoms with E-state index < -0.39 is 0 Å². The van der Waals surface area contributed by atoms with Crippen LogP contribution in [0.25, 0.3) is 10.9 Å². The Morgan fingerprint density at radius 2 is 1.93 bits per heavy atom. The smallest absolute Gasteiger partial charge is 0.0705 e.